The van der Waals surface area contributed by atoms with E-state index in [0.717, 1.165) is 62.5 Å². The lowest BCUT2D eigenvalue weighted by Crippen LogP contribution is -2.33. The molecular weight excluding hydrogens is 604 g/mol. The Kier molecular flexibility index (Phi) is 8.55. The van der Waals surface area contributed by atoms with Crippen molar-refractivity contribution in [2.45, 2.75) is 45.9 Å². The van der Waals surface area contributed by atoms with Gasteiger partial charge in [0.05, 0.1) is 31.2 Å². The molecule has 0 spiro atoms. The van der Waals surface area contributed by atoms with Crippen LogP contribution in [0.3, 0.4) is 0 Å². The minimum absolute atomic E-state index is 0.323. The van der Waals surface area contributed by atoms with Gasteiger partial charge >= 0.3 is 0 Å². The molecule has 0 saturated carbocycles. The van der Waals surface area contributed by atoms with Crippen LogP contribution in [0.2, 0.25) is 0 Å². The van der Waals surface area contributed by atoms with Crippen molar-refractivity contribution < 1.29 is 19.7 Å². The predicted octanol–water partition coefficient (Wildman–Crippen LogP) is 5.50. The van der Waals surface area contributed by atoms with Gasteiger partial charge < -0.3 is 19.7 Å². The fourth-order valence-corrected chi connectivity index (χ4v) is 6.50. The van der Waals surface area contributed by atoms with Crippen LogP contribution in [-0.2, 0) is 41.5 Å². The first-order valence-corrected chi connectivity index (χ1v) is 15.8. The van der Waals surface area contributed by atoms with E-state index in [1.165, 1.54) is 0 Å². The number of aromatic nitrogens is 6. The van der Waals surface area contributed by atoms with Gasteiger partial charge in [-0.25, -0.2) is 0 Å². The SMILES string of the molecule is C=C(c1ccccc1)c1cccc2c1COCc1nnc(C)n1-2.Cc1nnc2n1-c1cccc(C(O)(CO)c3ccccc3)c1COC2. The van der Waals surface area contributed by atoms with Crippen LogP contribution >= 0.6 is 0 Å². The molecular formula is C38H36N6O4. The van der Waals surface area contributed by atoms with Crippen LogP contribution in [-0.4, -0.2) is 46.3 Å². The van der Waals surface area contributed by atoms with Crippen LogP contribution in [0.4, 0.5) is 0 Å². The van der Waals surface area contributed by atoms with Gasteiger partial charge in [0.2, 0.25) is 0 Å². The molecule has 2 aromatic heterocycles. The van der Waals surface area contributed by atoms with Crippen molar-refractivity contribution in [2.75, 3.05) is 6.61 Å². The minimum Gasteiger partial charge on any atom is -0.393 e. The molecule has 48 heavy (non-hydrogen) atoms. The summed E-state index contributed by atoms with van der Waals surface area (Å²) < 4.78 is 15.6. The van der Waals surface area contributed by atoms with E-state index in [4.69, 9.17) is 9.47 Å². The zero-order chi connectivity index (χ0) is 33.3. The summed E-state index contributed by atoms with van der Waals surface area (Å²) in [5.41, 5.74) is 6.87. The van der Waals surface area contributed by atoms with Gasteiger partial charge in [-0.2, -0.15) is 0 Å². The van der Waals surface area contributed by atoms with Crippen molar-refractivity contribution in [3.05, 3.63) is 160 Å². The van der Waals surface area contributed by atoms with Gasteiger partial charge in [-0.15, -0.1) is 20.4 Å². The monoisotopic (exact) mass is 640 g/mol. The van der Waals surface area contributed by atoms with E-state index >= 15 is 0 Å². The second-order valence-corrected chi connectivity index (χ2v) is 11.8. The molecule has 4 heterocycles. The molecule has 0 amide bonds. The first-order valence-electron chi connectivity index (χ1n) is 15.8. The Balaban J connectivity index is 0.000000152. The molecule has 242 valence electrons. The van der Waals surface area contributed by atoms with Crippen molar-refractivity contribution in [3.63, 3.8) is 0 Å². The largest absolute Gasteiger partial charge is 0.393 e. The zero-order valence-corrected chi connectivity index (χ0v) is 26.9. The molecule has 6 aromatic rings. The normalized spacial score (nSPS) is 14.5. The molecule has 0 aliphatic carbocycles. The topological polar surface area (TPSA) is 120 Å². The van der Waals surface area contributed by atoms with E-state index < -0.39 is 12.2 Å². The number of fused-ring (bicyclic) bond motifs is 6. The summed E-state index contributed by atoms with van der Waals surface area (Å²) in [5, 5.41) is 38.1. The molecule has 0 saturated heterocycles. The van der Waals surface area contributed by atoms with Crippen molar-refractivity contribution in [1.82, 2.24) is 29.5 Å². The first-order chi connectivity index (χ1) is 23.4. The average molecular weight is 641 g/mol. The Hall–Kier alpha value is -5.26. The third kappa shape index (κ3) is 5.54. The highest BCUT2D eigenvalue weighted by atomic mass is 16.5. The molecule has 0 bridgehead atoms. The summed E-state index contributed by atoms with van der Waals surface area (Å²) in [7, 11) is 0. The van der Waals surface area contributed by atoms with E-state index in [9.17, 15) is 10.2 Å². The maximum atomic E-state index is 11.3. The molecule has 2 aliphatic rings. The summed E-state index contributed by atoms with van der Waals surface area (Å²) in [6.07, 6.45) is 0. The fourth-order valence-electron chi connectivity index (χ4n) is 6.50. The van der Waals surface area contributed by atoms with E-state index in [1.807, 2.05) is 85.1 Å². The predicted molar refractivity (Wildman–Crippen MR) is 180 cm³/mol. The van der Waals surface area contributed by atoms with Crippen LogP contribution in [0, 0.1) is 13.8 Å². The molecule has 4 aromatic carbocycles. The van der Waals surface area contributed by atoms with Gasteiger partial charge in [0.1, 0.15) is 30.5 Å². The highest BCUT2D eigenvalue weighted by Gasteiger charge is 2.35. The van der Waals surface area contributed by atoms with E-state index in [1.54, 1.807) is 0 Å². The first kappa shape index (κ1) is 31.3. The second-order valence-electron chi connectivity index (χ2n) is 11.8. The Morgan fingerprint density at radius 1 is 0.688 bits per heavy atom. The number of aliphatic hydroxyl groups excluding tert-OH is 1. The Bertz CT molecular complexity index is 2090. The van der Waals surface area contributed by atoms with Crippen LogP contribution in [0.5, 0.6) is 0 Å². The van der Waals surface area contributed by atoms with Crippen molar-refractivity contribution in [3.8, 4) is 11.4 Å². The van der Waals surface area contributed by atoms with E-state index in [0.29, 0.717) is 37.6 Å². The lowest BCUT2D eigenvalue weighted by Gasteiger charge is -2.30. The summed E-state index contributed by atoms with van der Waals surface area (Å²) in [6.45, 7) is 9.39. The van der Waals surface area contributed by atoms with Gasteiger partial charge in [0.15, 0.2) is 11.6 Å². The van der Waals surface area contributed by atoms with Crippen LogP contribution in [0.25, 0.3) is 16.9 Å². The standard InChI is InChI=1S/C19H19N3O3.C19H17N3O/c1-13-20-21-18-11-25-10-15-16(8-5-9-17(15)22(13)18)19(24,12-23)14-6-3-2-4-7-14;1-13(15-7-4-3-5-8-15)16-9-6-10-18-17(16)11-23-12-19-21-20-14(2)22(18)19/h2-9,23-24H,10-12H2,1H3;3-10H,1,11-12H2,2H3. The summed E-state index contributed by atoms with van der Waals surface area (Å²) in [6, 6.07) is 31.3. The van der Waals surface area contributed by atoms with Crippen LogP contribution < -0.4 is 0 Å². The van der Waals surface area contributed by atoms with E-state index in [2.05, 4.69) is 61.9 Å². The van der Waals surface area contributed by atoms with Crippen molar-refractivity contribution in [1.29, 1.82) is 0 Å². The van der Waals surface area contributed by atoms with Gasteiger partial charge in [-0.05, 0) is 53.8 Å². The lowest BCUT2D eigenvalue weighted by atomic mass is 9.83. The lowest BCUT2D eigenvalue weighted by molar-refractivity contribution is 0.0144. The number of benzene rings is 4. The van der Waals surface area contributed by atoms with Gasteiger partial charge in [0, 0.05) is 11.1 Å². The minimum atomic E-state index is -1.51. The van der Waals surface area contributed by atoms with Gasteiger partial charge in [-0.1, -0.05) is 91.5 Å². The molecule has 1 atom stereocenters. The smallest absolute Gasteiger partial charge is 0.163 e. The van der Waals surface area contributed by atoms with Crippen LogP contribution in [0.1, 0.15) is 56.7 Å². The molecule has 2 N–H and O–H groups in total. The number of aryl methyl sites for hydroxylation is 2. The number of ether oxygens (including phenoxy) is 2. The zero-order valence-electron chi connectivity index (χ0n) is 26.9. The summed E-state index contributed by atoms with van der Waals surface area (Å²) in [5.74, 6) is 3.18. The number of nitrogens with zero attached hydrogens (tertiary/aromatic N) is 6. The fraction of sp³-hybridized carbons (Fsp3) is 0.211. The number of rotatable bonds is 5. The quantitative estimate of drug-likeness (QED) is 0.254. The molecule has 0 fully saturated rings. The van der Waals surface area contributed by atoms with E-state index in [-0.39, 0.29) is 0 Å². The number of hydrogen-bond donors (Lipinski definition) is 2. The molecule has 1 unspecified atom stereocenters. The van der Waals surface area contributed by atoms with Crippen molar-refractivity contribution >= 4 is 5.57 Å². The second kappa shape index (κ2) is 13.1. The van der Waals surface area contributed by atoms with Gasteiger partial charge in [0.25, 0.3) is 0 Å². The number of hydrogen-bond acceptors (Lipinski definition) is 8. The molecule has 0 radical (unpaired) electrons. The summed E-state index contributed by atoms with van der Waals surface area (Å²) in [4.78, 5) is 0. The average Bonchev–Trinajstić information content (AvgIpc) is 3.53. The maximum absolute atomic E-state index is 11.3. The highest BCUT2D eigenvalue weighted by molar-refractivity contribution is 5.81. The number of aliphatic hydroxyl groups is 2. The molecule has 10 heteroatoms. The van der Waals surface area contributed by atoms with Crippen LogP contribution in [0.15, 0.2) is 104 Å². The van der Waals surface area contributed by atoms with Crippen molar-refractivity contribution in [2.24, 2.45) is 0 Å². The Labute approximate surface area is 278 Å². The molecule has 8 rings (SSSR count). The van der Waals surface area contributed by atoms with Gasteiger partial charge in [-0.3, -0.25) is 9.13 Å². The Morgan fingerprint density at radius 3 is 1.83 bits per heavy atom. The summed E-state index contributed by atoms with van der Waals surface area (Å²) >= 11 is 0. The maximum Gasteiger partial charge on any atom is 0.163 e. The highest BCUT2D eigenvalue weighted by Crippen LogP contribution is 2.36. The molecule has 10 nitrogen and oxygen atoms in total. The third-order valence-electron chi connectivity index (χ3n) is 8.90. The molecule has 2 aliphatic heterocycles. The third-order valence-corrected chi connectivity index (χ3v) is 8.90. The Morgan fingerprint density at radius 2 is 1.23 bits per heavy atom.